The molecule has 0 atom stereocenters. The molecule has 7 rings (SSSR count). The summed E-state index contributed by atoms with van der Waals surface area (Å²) < 4.78 is 4.36. The lowest BCUT2D eigenvalue weighted by Gasteiger charge is -2.23. The van der Waals surface area contributed by atoms with Gasteiger partial charge in [0.05, 0.1) is 22.1 Å². The van der Waals surface area contributed by atoms with Crippen LogP contribution in [0.4, 0.5) is 0 Å². The van der Waals surface area contributed by atoms with Gasteiger partial charge in [0.2, 0.25) is 0 Å². The molecule has 0 radical (unpaired) electrons. The van der Waals surface area contributed by atoms with Gasteiger partial charge in [-0.3, -0.25) is 9.59 Å². The molecule has 50 heavy (non-hydrogen) atoms. The molecule has 5 aromatic carbocycles. The second kappa shape index (κ2) is 11.8. The van der Waals surface area contributed by atoms with Crippen molar-refractivity contribution in [2.75, 3.05) is 0 Å². The second-order valence-electron chi connectivity index (χ2n) is 16.7. The summed E-state index contributed by atoms with van der Waals surface area (Å²) in [5.41, 5.74) is 9.76. The second-order valence-corrected chi connectivity index (χ2v) is 16.7. The average molecular weight is 661 g/mol. The Kier molecular flexibility index (Phi) is 7.93. The van der Waals surface area contributed by atoms with Crippen molar-refractivity contribution < 1.29 is 0 Å². The highest BCUT2D eigenvalue weighted by Crippen LogP contribution is 2.34. The molecule has 0 saturated carbocycles. The van der Waals surface area contributed by atoms with Crippen molar-refractivity contribution in [1.29, 1.82) is 0 Å². The lowest BCUT2D eigenvalue weighted by molar-refractivity contribution is 0.590. The van der Waals surface area contributed by atoms with Gasteiger partial charge < -0.3 is 9.13 Å². The highest BCUT2D eigenvalue weighted by molar-refractivity contribution is 6.05. The summed E-state index contributed by atoms with van der Waals surface area (Å²) in [6.45, 7) is 21.9. The third-order valence-corrected chi connectivity index (χ3v) is 10.4. The molecule has 0 spiro atoms. The zero-order chi connectivity index (χ0) is 35.9. The van der Waals surface area contributed by atoms with Crippen molar-refractivity contribution in [1.82, 2.24) is 9.13 Å². The van der Waals surface area contributed by atoms with E-state index in [1.54, 1.807) is 0 Å². The largest absolute Gasteiger partial charge is 0.309 e. The van der Waals surface area contributed by atoms with Crippen LogP contribution in [0.15, 0.2) is 107 Å². The lowest BCUT2D eigenvalue weighted by Crippen LogP contribution is -2.16. The Morgan fingerprint density at radius 2 is 0.740 bits per heavy atom. The van der Waals surface area contributed by atoms with Crippen molar-refractivity contribution in [3.05, 3.63) is 140 Å². The molecule has 254 valence electrons. The van der Waals surface area contributed by atoms with E-state index in [4.69, 9.17) is 0 Å². The zero-order valence-electron chi connectivity index (χ0n) is 31.1. The number of aromatic nitrogens is 2. The Hall–Kier alpha value is -4.96. The molecule has 0 fully saturated rings. The highest BCUT2D eigenvalue weighted by Gasteiger charge is 2.21. The SMILES string of the molecule is CC(C)c1ccc2c(=O)c3cc4c(cc3n(-c3ccc(C(C)(C)C)cc3)c2c1)c(=O)c1ccc(C(C)C)cc1n4-c1ccc(C(C)(C)C)cc1. The molecular weight excluding hydrogens is 613 g/mol. The van der Waals surface area contributed by atoms with Crippen molar-refractivity contribution in [3.63, 3.8) is 0 Å². The molecular formula is C46H48N2O2. The maximum absolute atomic E-state index is 14.6. The highest BCUT2D eigenvalue weighted by atomic mass is 16.1. The number of rotatable bonds is 4. The fourth-order valence-corrected chi connectivity index (χ4v) is 7.21. The minimum atomic E-state index is -0.0344. The van der Waals surface area contributed by atoms with Gasteiger partial charge in [0, 0.05) is 32.9 Å². The van der Waals surface area contributed by atoms with Crippen molar-refractivity contribution >= 4 is 43.6 Å². The Morgan fingerprint density at radius 1 is 0.420 bits per heavy atom. The van der Waals surface area contributed by atoms with Gasteiger partial charge in [0.25, 0.3) is 0 Å². The molecule has 7 aromatic rings. The van der Waals surface area contributed by atoms with Crippen LogP contribution in [0.3, 0.4) is 0 Å². The molecule has 0 amide bonds. The normalized spacial score (nSPS) is 12.7. The van der Waals surface area contributed by atoms with Crippen molar-refractivity contribution in [3.8, 4) is 11.4 Å². The van der Waals surface area contributed by atoms with Gasteiger partial charge in [0.15, 0.2) is 10.9 Å². The van der Waals surface area contributed by atoms with Gasteiger partial charge in [0.1, 0.15) is 0 Å². The van der Waals surface area contributed by atoms with E-state index >= 15 is 0 Å². The van der Waals surface area contributed by atoms with E-state index in [2.05, 4.69) is 151 Å². The van der Waals surface area contributed by atoms with Crippen LogP contribution < -0.4 is 10.9 Å². The van der Waals surface area contributed by atoms with Crippen LogP contribution in [0.25, 0.3) is 55.0 Å². The topological polar surface area (TPSA) is 44.0 Å². The van der Waals surface area contributed by atoms with E-state index in [1.165, 1.54) is 11.1 Å². The molecule has 4 heteroatoms. The van der Waals surface area contributed by atoms with Gasteiger partial charge in [-0.25, -0.2) is 0 Å². The molecule has 0 aliphatic carbocycles. The van der Waals surface area contributed by atoms with E-state index in [9.17, 15) is 9.59 Å². The van der Waals surface area contributed by atoms with Crippen molar-refractivity contribution in [2.24, 2.45) is 0 Å². The first kappa shape index (κ1) is 33.5. The molecule has 0 unspecified atom stereocenters. The van der Waals surface area contributed by atoms with Crippen LogP contribution in [0.2, 0.25) is 0 Å². The Bertz CT molecular complexity index is 2390. The summed E-state index contributed by atoms with van der Waals surface area (Å²) in [6.07, 6.45) is 0. The van der Waals surface area contributed by atoms with Crippen LogP contribution in [0.1, 0.15) is 103 Å². The van der Waals surface area contributed by atoms with E-state index < -0.39 is 0 Å². The van der Waals surface area contributed by atoms with E-state index in [-0.39, 0.29) is 33.5 Å². The fourth-order valence-electron chi connectivity index (χ4n) is 7.21. The van der Waals surface area contributed by atoms with Gasteiger partial charge in [-0.05, 0) is 106 Å². The van der Waals surface area contributed by atoms with Gasteiger partial charge in [-0.1, -0.05) is 106 Å². The predicted molar refractivity (Wildman–Crippen MR) is 213 cm³/mol. The number of benzene rings is 5. The summed E-state index contributed by atoms with van der Waals surface area (Å²) in [5.74, 6) is 0.579. The maximum atomic E-state index is 14.6. The first-order valence-corrected chi connectivity index (χ1v) is 17.9. The molecule has 0 N–H and O–H groups in total. The maximum Gasteiger partial charge on any atom is 0.197 e. The number of hydrogen-bond donors (Lipinski definition) is 0. The number of nitrogens with zero attached hydrogens (tertiary/aromatic N) is 2. The fraction of sp³-hybridized carbons (Fsp3) is 0.304. The molecule has 0 saturated heterocycles. The molecule has 2 heterocycles. The summed E-state index contributed by atoms with van der Waals surface area (Å²) in [7, 11) is 0. The standard InChI is InChI=1S/C46H48N2O2/c1-27(2)29-11-21-35-39(23-29)47(33-17-13-31(14-18-33)45(5,6)7)41-25-38-42(26-37(41)43(35)49)48(34-19-15-32(16-20-34)46(8,9)10)40-24-30(28(3)4)12-22-36(40)44(38)50/h11-28H,1-10H3. The number of fused-ring (bicyclic) bond motifs is 4. The van der Waals surface area contributed by atoms with Gasteiger partial charge in [-0.15, -0.1) is 0 Å². The smallest absolute Gasteiger partial charge is 0.197 e. The van der Waals surface area contributed by atoms with E-state index in [1.807, 2.05) is 24.3 Å². The number of hydrogen-bond acceptors (Lipinski definition) is 2. The summed E-state index contributed by atoms with van der Waals surface area (Å²) >= 11 is 0. The molecule has 0 bridgehead atoms. The van der Waals surface area contributed by atoms with E-state index in [0.717, 1.165) is 44.6 Å². The van der Waals surface area contributed by atoms with Crippen LogP contribution in [0, 0.1) is 0 Å². The Balaban J connectivity index is 1.66. The summed E-state index contributed by atoms with van der Waals surface area (Å²) in [6, 6.07) is 33.6. The third kappa shape index (κ3) is 5.55. The van der Waals surface area contributed by atoms with Crippen molar-refractivity contribution in [2.45, 2.75) is 91.9 Å². The molecule has 0 aliphatic rings. The molecule has 4 nitrogen and oxygen atoms in total. The van der Waals surface area contributed by atoms with Crippen LogP contribution in [-0.2, 0) is 10.8 Å². The Labute approximate surface area is 295 Å². The van der Waals surface area contributed by atoms with E-state index in [0.29, 0.717) is 21.5 Å². The Morgan fingerprint density at radius 3 is 1.04 bits per heavy atom. The quantitative estimate of drug-likeness (QED) is 0.176. The van der Waals surface area contributed by atoms with Crippen LogP contribution in [-0.4, -0.2) is 9.13 Å². The average Bonchev–Trinajstić information content (AvgIpc) is 3.07. The first-order chi connectivity index (χ1) is 23.5. The van der Waals surface area contributed by atoms with Crippen LogP contribution in [0.5, 0.6) is 0 Å². The lowest BCUT2D eigenvalue weighted by atomic mass is 9.87. The molecule has 2 aromatic heterocycles. The minimum absolute atomic E-state index is 0.000118. The summed E-state index contributed by atoms with van der Waals surface area (Å²) in [5, 5.41) is 2.49. The van der Waals surface area contributed by atoms with Gasteiger partial charge >= 0.3 is 0 Å². The zero-order valence-corrected chi connectivity index (χ0v) is 31.1. The third-order valence-electron chi connectivity index (χ3n) is 10.4. The molecule has 0 aliphatic heterocycles. The predicted octanol–water partition coefficient (Wildman–Crippen LogP) is 11.4. The minimum Gasteiger partial charge on any atom is -0.309 e. The number of pyridine rings is 2. The monoisotopic (exact) mass is 660 g/mol. The van der Waals surface area contributed by atoms with Gasteiger partial charge in [-0.2, -0.15) is 0 Å². The first-order valence-electron chi connectivity index (χ1n) is 17.9. The summed E-state index contributed by atoms with van der Waals surface area (Å²) in [4.78, 5) is 29.2. The van der Waals surface area contributed by atoms with Crippen LogP contribution >= 0.6 is 0 Å².